The molecule has 96 valence electrons. The topological polar surface area (TPSA) is 58.0 Å². The third kappa shape index (κ3) is 3.82. The highest BCUT2D eigenvalue weighted by Crippen LogP contribution is 2.21. The Morgan fingerprint density at radius 3 is 2.59 bits per heavy atom. The minimum Gasteiger partial charge on any atom is -0.394 e. The molecule has 0 aliphatic carbocycles. The summed E-state index contributed by atoms with van der Waals surface area (Å²) in [5, 5.41) is 13.0. The van der Waals surface area contributed by atoms with Crippen molar-refractivity contribution in [3.05, 3.63) is 17.0 Å². The van der Waals surface area contributed by atoms with E-state index in [1.54, 1.807) is 6.07 Å². The first-order valence-electron chi connectivity index (χ1n) is 5.83. The largest absolute Gasteiger partial charge is 0.394 e. The standard InChI is InChI=1S/C12H20ClN3O/c1-5-12(4,7-17)16-10-6-9(13)14-11(15-10)8(2)3/h6,8,17H,5,7H2,1-4H3,(H,14,15,16). The first-order valence-corrected chi connectivity index (χ1v) is 6.21. The van der Waals surface area contributed by atoms with E-state index in [4.69, 9.17) is 11.6 Å². The molecule has 2 N–H and O–H groups in total. The number of hydrogen-bond acceptors (Lipinski definition) is 4. The normalized spacial score (nSPS) is 14.8. The van der Waals surface area contributed by atoms with E-state index >= 15 is 0 Å². The summed E-state index contributed by atoms with van der Waals surface area (Å²) in [7, 11) is 0. The van der Waals surface area contributed by atoms with Gasteiger partial charge in [-0.2, -0.15) is 0 Å². The zero-order valence-electron chi connectivity index (χ0n) is 10.8. The SMILES string of the molecule is CCC(C)(CO)Nc1cc(Cl)nc(C(C)C)n1. The second-order valence-corrected chi connectivity index (χ2v) is 5.17. The van der Waals surface area contributed by atoms with Crippen LogP contribution in [0.25, 0.3) is 0 Å². The quantitative estimate of drug-likeness (QED) is 0.797. The van der Waals surface area contributed by atoms with Gasteiger partial charge in [0.15, 0.2) is 0 Å². The van der Waals surface area contributed by atoms with Crippen LogP contribution in [0.1, 0.15) is 45.9 Å². The highest BCUT2D eigenvalue weighted by atomic mass is 35.5. The van der Waals surface area contributed by atoms with Crippen molar-refractivity contribution in [3.8, 4) is 0 Å². The van der Waals surface area contributed by atoms with Crippen molar-refractivity contribution in [2.24, 2.45) is 0 Å². The van der Waals surface area contributed by atoms with Crippen LogP contribution >= 0.6 is 11.6 Å². The molecule has 0 saturated heterocycles. The van der Waals surface area contributed by atoms with Crippen molar-refractivity contribution in [2.75, 3.05) is 11.9 Å². The molecular formula is C12H20ClN3O. The van der Waals surface area contributed by atoms with Gasteiger partial charge >= 0.3 is 0 Å². The van der Waals surface area contributed by atoms with Gasteiger partial charge in [0.05, 0.1) is 12.1 Å². The van der Waals surface area contributed by atoms with Crippen LogP contribution in [-0.2, 0) is 0 Å². The number of aromatic nitrogens is 2. The second-order valence-electron chi connectivity index (χ2n) is 4.79. The lowest BCUT2D eigenvalue weighted by atomic mass is 10.0. The Bertz CT molecular complexity index is 378. The van der Waals surface area contributed by atoms with Crippen LogP contribution in [0.2, 0.25) is 5.15 Å². The maximum atomic E-state index is 9.36. The van der Waals surface area contributed by atoms with Crippen LogP contribution in [0.15, 0.2) is 6.07 Å². The van der Waals surface area contributed by atoms with Crippen LogP contribution in [0.5, 0.6) is 0 Å². The molecule has 0 spiro atoms. The van der Waals surface area contributed by atoms with E-state index in [1.807, 2.05) is 27.7 Å². The number of nitrogens with one attached hydrogen (secondary N) is 1. The van der Waals surface area contributed by atoms with Crippen LogP contribution < -0.4 is 5.32 Å². The highest BCUT2D eigenvalue weighted by Gasteiger charge is 2.21. The molecule has 1 atom stereocenters. The molecule has 0 aliphatic heterocycles. The first kappa shape index (κ1) is 14.2. The van der Waals surface area contributed by atoms with E-state index in [-0.39, 0.29) is 18.1 Å². The predicted molar refractivity (Wildman–Crippen MR) is 70.5 cm³/mol. The van der Waals surface area contributed by atoms with Gasteiger partial charge in [-0.1, -0.05) is 32.4 Å². The van der Waals surface area contributed by atoms with Gasteiger partial charge in [0.25, 0.3) is 0 Å². The third-order valence-corrected chi connectivity index (χ3v) is 2.98. The number of anilines is 1. The van der Waals surface area contributed by atoms with Gasteiger partial charge < -0.3 is 10.4 Å². The lowest BCUT2D eigenvalue weighted by Gasteiger charge is -2.28. The number of hydrogen-bond donors (Lipinski definition) is 2. The smallest absolute Gasteiger partial charge is 0.135 e. The van der Waals surface area contributed by atoms with Gasteiger partial charge in [-0.15, -0.1) is 0 Å². The number of rotatable bonds is 5. The molecule has 1 unspecified atom stereocenters. The first-order chi connectivity index (χ1) is 7.90. The van der Waals surface area contributed by atoms with Crippen molar-refractivity contribution in [2.45, 2.75) is 45.6 Å². The maximum Gasteiger partial charge on any atom is 0.135 e. The molecule has 1 rings (SSSR count). The summed E-state index contributed by atoms with van der Waals surface area (Å²) in [5.74, 6) is 1.58. The molecule has 0 amide bonds. The molecule has 5 heteroatoms. The van der Waals surface area contributed by atoms with Crippen molar-refractivity contribution >= 4 is 17.4 Å². The Hall–Kier alpha value is -0.870. The molecule has 1 aromatic heterocycles. The maximum absolute atomic E-state index is 9.36. The monoisotopic (exact) mass is 257 g/mol. The fraction of sp³-hybridized carbons (Fsp3) is 0.667. The van der Waals surface area contributed by atoms with Gasteiger partial charge in [-0.05, 0) is 13.3 Å². The molecule has 0 aromatic carbocycles. The summed E-state index contributed by atoms with van der Waals surface area (Å²) in [5.41, 5.74) is -0.383. The summed E-state index contributed by atoms with van der Waals surface area (Å²) in [4.78, 5) is 8.56. The van der Waals surface area contributed by atoms with Gasteiger partial charge in [-0.25, -0.2) is 9.97 Å². The number of halogens is 1. The third-order valence-electron chi connectivity index (χ3n) is 2.79. The molecule has 0 radical (unpaired) electrons. The zero-order valence-corrected chi connectivity index (χ0v) is 11.5. The van der Waals surface area contributed by atoms with Crippen molar-refractivity contribution in [1.82, 2.24) is 9.97 Å². The minimum atomic E-state index is -0.383. The summed E-state index contributed by atoms with van der Waals surface area (Å²) < 4.78 is 0. The average Bonchev–Trinajstić information content (AvgIpc) is 2.28. The fourth-order valence-corrected chi connectivity index (χ4v) is 1.50. The van der Waals surface area contributed by atoms with Crippen LogP contribution in [0.4, 0.5) is 5.82 Å². The van der Waals surface area contributed by atoms with E-state index in [2.05, 4.69) is 15.3 Å². The van der Waals surface area contributed by atoms with Gasteiger partial charge in [0.2, 0.25) is 0 Å². The van der Waals surface area contributed by atoms with Crippen molar-refractivity contribution < 1.29 is 5.11 Å². The summed E-state index contributed by atoms with van der Waals surface area (Å²) in [6.45, 7) is 8.02. The van der Waals surface area contributed by atoms with E-state index in [1.165, 1.54) is 0 Å². The summed E-state index contributed by atoms with van der Waals surface area (Å²) >= 11 is 5.96. The Labute approximate surface area is 107 Å². The molecule has 0 aliphatic rings. The molecule has 0 bridgehead atoms. The fourth-order valence-electron chi connectivity index (χ4n) is 1.31. The minimum absolute atomic E-state index is 0.0438. The second kappa shape index (κ2) is 5.65. The molecular weight excluding hydrogens is 238 g/mol. The number of nitrogens with zero attached hydrogens (tertiary/aromatic N) is 2. The zero-order chi connectivity index (χ0) is 13.1. The Morgan fingerprint density at radius 2 is 2.12 bits per heavy atom. The van der Waals surface area contributed by atoms with Gasteiger partial charge in [0, 0.05) is 12.0 Å². The van der Waals surface area contributed by atoms with E-state index in [0.29, 0.717) is 16.8 Å². The molecule has 0 fully saturated rings. The Morgan fingerprint density at radius 1 is 1.47 bits per heavy atom. The van der Waals surface area contributed by atoms with Gasteiger partial charge in [0.1, 0.15) is 16.8 Å². The molecule has 1 heterocycles. The number of aliphatic hydroxyl groups is 1. The molecule has 17 heavy (non-hydrogen) atoms. The average molecular weight is 258 g/mol. The Kier molecular flexibility index (Phi) is 4.71. The highest BCUT2D eigenvalue weighted by molar-refractivity contribution is 6.29. The van der Waals surface area contributed by atoms with E-state index < -0.39 is 0 Å². The van der Waals surface area contributed by atoms with Gasteiger partial charge in [-0.3, -0.25) is 0 Å². The molecule has 0 saturated carbocycles. The van der Waals surface area contributed by atoms with E-state index in [0.717, 1.165) is 6.42 Å². The predicted octanol–water partition coefficient (Wildman–Crippen LogP) is 2.83. The van der Waals surface area contributed by atoms with Crippen LogP contribution in [0, 0.1) is 0 Å². The summed E-state index contributed by atoms with van der Waals surface area (Å²) in [6.07, 6.45) is 0.794. The van der Waals surface area contributed by atoms with Crippen LogP contribution in [-0.4, -0.2) is 27.2 Å². The van der Waals surface area contributed by atoms with Crippen molar-refractivity contribution in [1.29, 1.82) is 0 Å². The molecule has 4 nitrogen and oxygen atoms in total. The lowest BCUT2D eigenvalue weighted by molar-refractivity contribution is 0.218. The lowest BCUT2D eigenvalue weighted by Crippen LogP contribution is -2.38. The Balaban J connectivity index is 2.98. The van der Waals surface area contributed by atoms with Crippen molar-refractivity contribution in [3.63, 3.8) is 0 Å². The number of aliphatic hydroxyl groups excluding tert-OH is 1. The van der Waals surface area contributed by atoms with E-state index in [9.17, 15) is 5.11 Å². The van der Waals surface area contributed by atoms with Crippen LogP contribution in [0.3, 0.4) is 0 Å². The molecule has 1 aromatic rings. The summed E-state index contributed by atoms with van der Waals surface area (Å²) in [6, 6.07) is 1.68.